The van der Waals surface area contributed by atoms with Gasteiger partial charge in [-0.3, -0.25) is 4.79 Å². The van der Waals surface area contributed by atoms with Crippen LogP contribution in [-0.2, 0) is 20.8 Å². The summed E-state index contributed by atoms with van der Waals surface area (Å²) in [6.07, 6.45) is 2.05. The number of hydrogen-bond donors (Lipinski definition) is 2. The smallest absolute Gasteiger partial charge is 0.239 e. The Morgan fingerprint density at radius 2 is 2.39 bits per heavy atom. The van der Waals surface area contributed by atoms with Gasteiger partial charge in [-0.1, -0.05) is 6.07 Å². The molecule has 0 spiro atoms. The van der Waals surface area contributed by atoms with Crippen LogP contribution in [-0.4, -0.2) is 62.5 Å². The molecule has 0 saturated carbocycles. The number of carbonyl (C=O) groups is 1. The Morgan fingerprint density at radius 1 is 1.48 bits per heavy atom. The van der Waals surface area contributed by atoms with E-state index in [9.17, 15) is 4.79 Å². The van der Waals surface area contributed by atoms with E-state index in [1.165, 1.54) is 0 Å². The molecule has 0 bridgehead atoms. The molecule has 126 valence electrons. The van der Waals surface area contributed by atoms with Gasteiger partial charge in [0.15, 0.2) is 0 Å². The van der Waals surface area contributed by atoms with E-state index in [1.54, 1.807) is 0 Å². The number of carbonyl (C=O) groups excluding carboxylic acids is 1. The molecule has 3 rings (SSSR count). The molecule has 2 aliphatic heterocycles. The number of nitrogens with zero attached hydrogens (tertiary/aromatic N) is 2. The number of nitrogens with one attached hydrogen (secondary N) is 2. The molecule has 2 N–H and O–H groups in total. The van der Waals surface area contributed by atoms with E-state index in [1.807, 2.05) is 18.3 Å². The number of rotatable bonds is 4. The van der Waals surface area contributed by atoms with Crippen LogP contribution >= 0.6 is 0 Å². The van der Waals surface area contributed by atoms with Crippen molar-refractivity contribution in [1.82, 2.24) is 15.6 Å². The predicted octanol–water partition coefficient (Wildman–Crippen LogP) is -0.0887. The first-order chi connectivity index (χ1) is 11.2. The molecule has 2 atom stereocenters. The molecule has 23 heavy (non-hydrogen) atoms. The van der Waals surface area contributed by atoms with Crippen LogP contribution in [0.5, 0.6) is 0 Å². The molecule has 7 heteroatoms. The van der Waals surface area contributed by atoms with E-state index in [2.05, 4.69) is 27.4 Å². The van der Waals surface area contributed by atoms with Crippen LogP contribution in [0.4, 0.5) is 5.82 Å². The second-order valence-electron chi connectivity index (χ2n) is 5.95. The van der Waals surface area contributed by atoms with Crippen molar-refractivity contribution in [1.29, 1.82) is 0 Å². The summed E-state index contributed by atoms with van der Waals surface area (Å²) in [4.78, 5) is 18.8. The summed E-state index contributed by atoms with van der Waals surface area (Å²) in [6.45, 7) is 6.80. The van der Waals surface area contributed by atoms with E-state index in [-0.39, 0.29) is 18.1 Å². The van der Waals surface area contributed by atoms with Crippen molar-refractivity contribution < 1.29 is 14.3 Å². The van der Waals surface area contributed by atoms with Gasteiger partial charge in [0.2, 0.25) is 5.91 Å². The standard InChI is InChI=1S/C16H24N4O3/c1-12-10-20(5-7-23-12)15-3-2-13(8-18-15)9-19-16(21)14-11-22-6-4-17-14/h2-3,8,12,14,17H,4-7,9-11H2,1H3,(H,19,21). The molecular weight excluding hydrogens is 296 g/mol. The Balaban J connectivity index is 1.50. The molecule has 1 amide bonds. The lowest BCUT2D eigenvalue weighted by Gasteiger charge is -2.32. The number of ether oxygens (including phenoxy) is 2. The van der Waals surface area contributed by atoms with Crippen molar-refractivity contribution >= 4 is 11.7 Å². The summed E-state index contributed by atoms with van der Waals surface area (Å²) in [5, 5.41) is 6.06. The van der Waals surface area contributed by atoms with Crippen LogP contribution in [0.15, 0.2) is 18.3 Å². The Kier molecular flexibility index (Phi) is 5.43. The molecule has 1 aromatic rings. The van der Waals surface area contributed by atoms with Crippen LogP contribution < -0.4 is 15.5 Å². The largest absolute Gasteiger partial charge is 0.378 e. The zero-order chi connectivity index (χ0) is 16.1. The van der Waals surface area contributed by atoms with Gasteiger partial charge in [0.1, 0.15) is 11.9 Å². The molecule has 0 aromatic carbocycles. The van der Waals surface area contributed by atoms with Crippen molar-refractivity contribution in [2.45, 2.75) is 25.6 Å². The first-order valence-corrected chi connectivity index (χ1v) is 8.12. The average Bonchev–Trinajstić information content (AvgIpc) is 2.61. The molecule has 3 heterocycles. The summed E-state index contributed by atoms with van der Waals surface area (Å²) in [6, 6.07) is 3.75. The SMILES string of the molecule is CC1CN(c2ccc(CNC(=O)C3COCCN3)cn2)CCO1. The fourth-order valence-corrected chi connectivity index (χ4v) is 2.78. The summed E-state index contributed by atoms with van der Waals surface area (Å²) in [5.74, 6) is 0.924. The average molecular weight is 320 g/mol. The third kappa shape index (κ3) is 4.40. The summed E-state index contributed by atoms with van der Waals surface area (Å²) in [5.41, 5.74) is 0.986. The fourth-order valence-electron chi connectivity index (χ4n) is 2.78. The maximum atomic E-state index is 12.0. The van der Waals surface area contributed by atoms with E-state index in [4.69, 9.17) is 9.47 Å². The van der Waals surface area contributed by atoms with Crippen LogP contribution in [0.25, 0.3) is 0 Å². The highest BCUT2D eigenvalue weighted by atomic mass is 16.5. The Morgan fingerprint density at radius 3 is 3.09 bits per heavy atom. The predicted molar refractivity (Wildman–Crippen MR) is 86.3 cm³/mol. The molecule has 0 radical (unpaired) electrons. The summed E-state index contributed by atoms with van der Waals surface area (Å²) in [7, 11) is 0. The zero-order valence-corrected chi connectivity index (χ0v) is 13.5. The lowest BCUT2D eigenvalue weighted by Crippen LogP contribution is -2.51. The summed E-state index contributed by atoms with van der Waals surface area (Å²) < 4.78 is 10.8. The van der Waals surface area contributed by atoms with Crippen molar-refractivity contribution in [3.05, 3.63) is 23.9 Å². The first kappa shape index (κ1) is 16.2. The third-order valence-electron chi connectivity index (χ3n) is 4.08. The zero-order valence-electron chi connectivity index (χ0n) is 13.5. The van der Waals surface area contributed by atoms with Gasteiger partial charge in [0.25, 0.3) is 0 Å². The number of anilines is 1. The van der Waals surface area contributed by atoms with Gasteiger partial charge >= 0.3 is 0 Å². The first-order valence-electron chi connectivity index (χ1n) is 8.12. The lowest BCUT2D eigenvalue weighted by molar-refractivity contribution is -0.126. The maximum Gasteiger partial charge on any atom is 0.239 e. The number of hydrogen-bond acceptors (Lipinski definition) is 6. The molecular formula is C16H24N4O3. The van der Waals surface area contributed by atoms with Gasteiger partial charge in [-0.05, 0) is 18.6 Å². The van der Waals surface area contributed by atoms with Crippen LogP contribution in [0.1, 0.15) is 12.5 Å². The van der Waals surface area contributed by atoms with Gasteiger partial charge in [0, 0.05) is 32.4 Å². The lowest BCUT2D eigenvalue weighted by atomic mass is 10.2. The second kappa shape index (κ2) is 7.72. The van der Waals surface area contributed by atoms with Gasteiger partial charge in [-0.25, -0.2) is 4.98 Å². The maximum absolute atomic E-state index is 12.0. The van der Waals surface area contributed by atoms with Crippen molar-refractivity contribution in [3.63, 3.8) is 0 Å². The number of amides is 1. The van der Waals surface area contributed by atoms with E-state index in [0.717, 1.165) is 31.1 Å². The fraction of sp³-hybridized carbons (Fsp3) is 0.625. The minimum Gasteiger partial charge on any atom is -0.378 e. The highest BCUT2D eigenvalue weighted by Gasteiger charge is 2.21. The molecule has 2 saturated heterocycles. The van der Waals surface area contributed by atoms with Crippen LogP contribution in [0, 0.1) is 0 Å². The van der Waals surface area contributed by atoms with Crippen LogP contribution in [0.3, 0.4) is 0 Å². The minimum absolute atomic E-state index is 0.0317. The Labute approximate surface area is 136 Å². The van der Waals surface area contributed by atoms with Crippen LogP contribution in [0.2, 0.25) is 0 Å². The Hall–Kier alpha value is -1.70. The number of pyridine rings is 1. The van der Waals surface area contributed by atoms with Crippen molar-refractivity contribution in [2.75, 3.05) is 44.4 Å². The number of aromatic nitrogens is 1. The normalized spacial score (nSPS) is 25.2. The van der Waals surface area contributed by atoms with Gasteiger partial charge in [-0.15, -0.1) is 0 Å². The minimum atomic E-state index is -0.259. The molecule has 2 fully saturated rings. The topological polar surface area (TPSA) is 75.7 Å². The second-order valence-corrected chi connectivity index (χ2v) is 5.95. The van der Waals surface area contributed by atoms with Crippen molar-refractivity contribution in [3.8, 4) is 0 Å². The van der Waals surface area contributed by atoms with Crippen molar-refractivity contribution in [2.24, 2.45) is 0 Å². The summed E-state index contributed by atoms with van der Waals surface area (Å²) >= 11 is 0. The van der Waals surface area contributed by atoms with Gasteiger partial charge in [-0.2, -0.15) is 0 Å². The van der Waals surface area contributed by atoms with E-state index < -0.39 is 0 Å². The Bertz CT molecular complexity index is 517. The monoisotopic (exact) mass is 320 g/mol. The van der Waals surface area contributed by atoms with E-state index >= 15 is 0 Å². The highest BCUT2D eigenvalue weighted by Crippen LogP contribution is 2.15. The molecule has 7 nitrogen and oxygen atoms in total. The quantitative estimate of drug-likeness (QED) is 0.808. The molecule has 1 aromatic heterocycles. The highest BCUT2D eigenvalue weighted by molar-refractivity contribution is 5.81. The molecule has 0 aliphatic carbocycles. The molecule has 2 unspecified atom stereocenters. The van der Waals surface area contributed by atoms with Gasteiger partial charge < -0.3 is 25.0 Å². The molecule has 2 aliphatic rings. The third-order valence-corrected chi connectivity index (χ3v) is 4.08. The van der Waals surface area contributed by atoms with E-state index in [0.29, 0.717) is 26.3 Å². The number of morpholine rings is 2. The van der Waals surface area contributed by atoms with Gasteiger partial charge in [0.05, 0.1) is 25.9 Å².